The van der Waals surface area contributed by atoms with Crippen molar-refractivity contribution in [2.24, 2.45) is 5.92 Å². The summed E-state index contributed by atoms with van der Waals surface area (Å²) in [6, 6.07) is 0. The van der Waals surface area contributed by atoms with Gasteiger partial charge >= 0.3 is 17.9 Å². The monoisotopic (exact) mass is 891 g/mol. The molecule has 0 spiro atoms. The molecule has 0 aromatic carbocycles. The molecule has 1 atom stereocenters. The topological polar surface area (TPSA) is 78.9 Å². The summed E-state index contributed by atoms with van der Waals surface area (Å²) in [6.45, 7) is 9.05. The summed E-state index contributed by atoms with van der Waals surface area (Å²) < 4.78 is 16.9. The quantitative estimate of drug-likeness (QED) is 0.0344. The lowest BCUT2D eigenvalue weighted by Crippen LogP contribution is -2.30. The van der Waals surface area contributed by atoms with Crippen LogP contribution in [0.2, 0.25) is 0 Å². The van der Waals surface area contributed by atoms with Crippen LogP contribution in [-0.2, 0) is 28.6 Å². The van der Waals surface area contributed by atoms with Crippen molar-refractivity contribution in [3.05, 3.63) is 0 Å². The molecule has 0 aromatic heterocycles. The van der Waals surface area contributed by atoms with Gasteiger partial charge in [-0.2, -0.15) is 0 Å². The van der Waals surface area contributed by atoms with Crippen molar-refractivity contribution in [1.29, 1.82) is 0 Å². The van der Waals surface area contributed by atoms with Gasteiger partial charge in [-0.3, -0.25) is 14.4 Å². The predicted molar refractivity (Wildman–Crippen MR) is 270 cm³/mol. The number of rotatable bonds is 52. The lowest BCUT2D eigenvalue weighted by Gasteiger charge is -2.18. The Morgan fingerprint density at radius 3 is 0.778 bits per heavy atom. The fraction of sp³-hybridized carbons (Fsp3) is 0.947. The van der Waals surface area contributed by atoms with Crippen LogP contribution in [0.5, 0.6) is 0 Å². The Hall–Kier alpha value is -1.59. The first-order valence-electron chi connectivity index (χ1n) is 28.4. The second-order valence-electron chi connectivity index (χ2n) is 20.1. The van der Waals surface area contributed by atoms with Crippen molar-refractivity contribution >= 4 is 17.9 Å². The highest BCUT2D eigenvalue weighted by molar-refractivity contribution is 5.71. The van der Waals surface area contributed by atoms with Crippen LogP contribution in [-0.4, -0.2) is 37.2 Å². The third kappa shape index (κ3) is 51.3. The Kier molecular flexibility index (Phi) is 50.1. The van der Waals surface area contributed by atoms with Crippen molar-refractivity contribution in [3.8, 4) is 0 Å². The maximum atomic E-state index is 12.8. The maximum Gasteiger partial charge on any atom is 0.306 e. The van der Waals surface area contributed by atoms with Gasteiger partial charge in [0.1, 0.15) is 13.2 Å². The van der Waals surface area contributed by atoms with E-state index >= 15 is 0 Å². The van der Waals surface area contributed by atoms with E-state index in [9.17, 15) is 14.4 Å². The van der Waals surface area contributed by atoms with E-state index in [1.54, 1.807) is 0 Å². The molecule has 6 nitrogen and oxygen atoms in total. The maximum absolute atomic E-state index is 12.8. The molecule has 0 radical (unpaired) electrons. The number of ether oxygens (including phenoxy) is 3. The molecule has 0 saturated carbocycles. The van der Waals surface area contributed by atoms with Crippen LogP contribution in [0.15, 0.2) is 0 Å². The minimum absolute atomic E-state index is 0.0620. The van der Waals surface area contributed by atoms with Gasteiger partial charge in [-0.25, -0.2) is 0 Å². The highest BCUT2D eigenvalue weighted by Gasteiger charge is 2.19. The lowest BCUT2D eigenvalue weighted by molar-refractivity contribution is -0.167. The number of unbranched alkanes of at least 4 members (excludes halogenated alkanes) is 39. The first kappa shape index (κ1) is 61.4. The molecule has 0 bridgehead atoms. The van der Waals surface area contributed by atoms with Crippen LogP contribution in [0.25, 0.3) is 0 Å². The van der Waals surface area contributed by atoms with Gasteiger partial charge in [0.15, 0.2) is 6.10 Å². The van der Waals surface area contributed by atoms with E-state index in [2.05, 4.69) is 27.7 Å². The van der Waals surface area contributed by atoms with Gasteiger partial charge in [0.25, 0.3) is 0 Å². The molecule has 374 valence electrons. The molecule has 0 N–H and O–H groups in total. The molecule has 0 aliphatic carbocycles. The van der Waals surface area contributed by atoms with Gasteiger partial charge in [-0.05, 0) is 25.2 Å². The third-order valence-electron chi connectivity index (χ3n) is 13.0. The van der Waals surface area contributed by atoms with Gasteiger partial charge in [0, 0.05) is 19.3 Å². The van der Waals surface area contributed by atoms with Gasteiger partial charge in [0.2, 0.25) is 0 Å². The minimum Gasteiger partial charge on any atom is -0.462 e. The van der Waals surface area contributed by atoms with Crippen LogP contribution in [0.3, 0.4) is 0 Å². The molecular formula is C57H110O6. The van der Waals surface area contributed by atoms with E-state index in [4.69, 9.17) is 14.2 Å². The molecule has 0 saturated heterocycles. The Morgan fingerprint density at radius 1 is 0.302 bits per heavy atom. The van der Waals surface area contributed by atoms with Crippen LogP contribution in [0, 0.1) is 5.92 Å². The number of esters is 3. The molecule has 0 aliphatic rings. The predicted octanol–water partition coefficient (Wildman–Crippen LogP) is 18.6. The molecule has 0 unspecified atom stereocenters. The Labute approximate surface area is 393 Å². The molecule has 6 heteroatoms. The highest BCUT2D eigenvalue weighted by Crippen LogP contribution is 2.18. The fourth-order valence-corrected chi connectivity index (χ4v) is 8.75. The SMILES string of the molecule is CCCCCCCCCCCCCCCCCCCC(=O)OC[C@@H](COC(=O)CCCCCCCCCCCCCCC(C)C)OC(=O)CCCCCCCCCCCCCCC. The summed E-state index contributed by atoms with van der Waals surface area (Å²) in [5, 5.41) is 0. The highest BCUT2D eigenvalue weighted by atomic mass is 16.6. The second-order valence-corrected chi connectivity index (χ2v) is 20.1. The number of hydrogen-bond donors (Lipinski definition) is 0. The van der Waals surface area contributed by atoms with Gasteiger partial charge in [0.05, 0.1) is 0 Å². The smallest absolute Gasteiger partial charge is 0.306 e. The normalized spacial score (nSPS) is 12.0. The molecule has 0 aliphatic heterocycles. The molecule has 0 rings (SSSR count). The minimum atomic E-state index is -0.761. The van der Waals surface area contributed by atoms with E-state index in [-0.39, 0.29) is 31.1 Å². The average Bonchev–Trinajstić information content (AvgIpc) is 3.27. The third-order valence-corrected chi connectivity index (χ3v) is 13.0. The summed E-state index contributed by atoms with van der Waals surface area (Å²) in [5.41, 5.74) is 0. The van der Waals surface area contributed by atoms with E-state index in [0.29, 0.717) is 19.3 Å². The standard InChI is InChI=1S/C57H110O6/c1-5-7-9-11-13-15-17-19-20-21-22-24-28-32-36-40-44-48-55(58)61-51-54(63-57(60)50-46-42-38-34-30-23-18-16-14-12-10-8-6-2)52-62-56(59)49-45-41-37-33-29-26-25-27-31-35-39-43-47-53(3)4/h53-54H,5-52H2,1-4H3/t54-/m0/s1. The summed E-state index contributed by atoms with van der Waals surface area (Å²) >= 11 is 0. The largest absolute Gasteiger partial charge is 0.462 e. The molecule has 0 aromatic rings. The Bertz CT molecular complexity index is 949. The summed E-state index contributed by atoms with van der Waals surface area (Å²) in [5.74, 6) is -0.00303. The number of hydrogen-bond acceptors (Lipinski definition) is 6. The van der Waals surface area contributed by atoms with Crippen LogP contribution >= 0.6 is 0 Å². The molecule has 63 heavy (non-hydrogen) atoms. The summed E-state index contributed by atoms with van der Waals surface area (Å²) in [7, 11) is 0. The molecule has 0 fully saturated rings. The first-order valence-corrected chi connectivity index (χ1v) is 28.4. The second kappa shape index (κ2) is 51.4. The summed E-state index contributed by atoms with van der Waals surface area (Å²) in [4.78, 5) is 38.1. The van der Waals surface area contributed by atoms with Gasteiger partial charge < -0.3 is 14.2 Å². The zero-order valence-electron chi connectivity index (χ0n) is 43.0. The van der Waals surface area contributed by atoms with Crippen LogP contribution < -0.4 is 0 Å². The van der Waals surface area contributed by atoms with Crippen molar-refractivity contribution in [1.82, 2.24) is 0 Å². The zero-order valence-corrected chi connectivity index (χ0v) is 43.0. The Balaban J connectivity index is 4.28. The van der Waals surface area contributed by atoms with Crippen LogP contribution in [0.4, 0.5) is 0 Å². The van der Waals surface area contributed by atoms with Crippen LogP contribution in [0.1, 0.15) is 323 Å². The van der Waals surface area contributed by atoms with E-state index < -0.39 is 6.10 Å². The fourth-order valence-electron chi connectivity index (χ4n) is 8.75. The molecule has 0 amide bonds. The van der Waals surface area contributed by atoms with Crippen molar-refractivity contribution < 1.29 is 28.6 Å². The van der Waals surface area contributed by atoms with Gasteiger partial charge in [-0.15, -0.1) is 0 Å². The van der Waals surface area contributed by atoms with Gasteiger partial charge in [-0.1, -0.05) is 285 Å². The lowest BCUT2D eigenvalue weighted by atomic mass is 10.0. The molecular weight excluding hydrogens is 781 g/mol. The van der Waals surface area contributed by atoms with E-state index in [1.807, 2.05) is 0 Å². The van der Waals surface area contributed by atoms with Crippen molar-refractivity contribution in [2.75, 3.05) is 13.2 Å². The zero-order chi connectivity index (χ0) is 45.9. The number of carbonyl (C=O) groups is 3. The van der Waals surface area contributed by atoms with E-state index in [1.165, 1.54) is 218 Å². The first-order chi connectivity index (χ1) is 30.9. The molecule has 0 heterocycles. The Morgan fingerprint density at radius 2 is 0.524 bits per heavy atom. The average molecular weight is 892 g/mol. The summed E-state index contributed by atoms with van der Waals surface area (Å²) in [6.07, 6.45) is 55.2. The number of carbonyl (C=O) groups excluding carboxylic acids is 3. The van der Waals surface area contributed by atoms with Crippen molar-refractivity contribution in [2.45, 2.75) is 329 Å². The van der Waals surface area contributed by atoms with Crippen molar-refractivity contribution in [3.63, 3.8) is 0 Å². The van der Waals surface area contributed by atoms with E-state index in [0.717, 1.165) is 63.7 Å².